The van der Waals surface area contributed by atoms with Crippen molar-refractivity contribution < 1.29 is 9.59 Å². The van der Waals surface area contributed by atoms with Crippen LogP contribution in [-0.4, -0.2) is 46.3 Å². The highest BCUT2D eigenvalue weighted by Crippen LogP contribution is 2.25. The Kier molecular flexibility index (Phi) is 5.47. The first kappa shape index (κ1) is 16.9. The van der Waals surface area contributed by atoms with Crippen LogP contribution in [0.3, 0.4) is 0 Å². The molecule has 1 aliphatic rings. The third kappa shape index (κ3) is 4.12. The van der Waals surface area contributed by atoms with Crippen molar-refractivity contribution >= 4 is 40.0 Å². The van der Waals surface area contributed by atoms with E-state index in [2.05, 4.69) is 15.5 Å². The van der Waals surface area contributed by atoms with Crippen LogP contribution >= 0.6 is 23.1 Å². The Morgan fingerprint density at radius 1 is 1.38 bits per heavy atom. The minimum atomic E-state index is -0.324. The second-order valence-electron chi connectivity index (χ2n) is 5.54. The number of carbonyl (C=O) groups excluding carboxylic acids is 2. The van der Waals surface area contributed by atoms with E-state index in [4.69, 9.17) is 0 Å². The Hall–Kier alpha value is -1.93. The van der Waals surface area contributed by atoms with Crippen molar-refractivity contribution in [2.45, 2.75) is 17.2 Å². The molecule has 0 aliphatic carbocycles. The summed E-state index contributed by atoms with van der Waals surface area (Å²) in [5, 5.41) is 11.1. The zero-order chi connectivity index (χ0) is 16.9. The lowest BCUT2D eigenvalue weighted by molar-refractivity contribution is -0.128. The highest BCUT2D eigenvalue weighted by Gasteiger charge is 2.34. The summed E-state index contributed by atoms with van der Waals surface area (Å²) in [6, 6.07) is 10.0. The highest BCUT2D eigenvalue weighted by molar-refractivity contribution is 8.00. The number of aromatic nitrogens is 2. The molecule has 0 saturated carbocycles. The molecule has 1 N–H and O–H groups in total. The van der Waals surface area contributed by atoms with Gasteiger partial charge in [-0.3, -0.25) is 9.59 Å². The van der Waals surface area contributed by atoms with Crippen molar-refractivity contribution in [1.29, 1.82) is 0 Å². The van der Waals surface area contributed by atoms with Crippen LogP contribution in [0.15, 0.2) is 34.7 Å². The van der Waals surface area contributed by atoms with E-state index in [1.807, 2.05) is 36.6 Å². The van der Waals surface area contributed by atoms with Crippen LogP contribution in [0.4, 0.5) is 5.13 Å². The lowest BCUT2D eigenvalue weighted by Crippen LogP contribution is -2.30. The van der Waals surface area contributed by atoms with Crippen molar-refractivity contribution in [3.63, 3.8) is 0 Å². The molecule has 24 heavy (non-hydrogen) atoms. The fourth-order valence-electron chi connectivity index (χ4n) is 2.62. The van der Waals surface area contributed by atoms with Gasteiger partial charge in [0, 0.05) is 19.5 Å². The van der Waals surface area contributed by atoms with Crippen molar-refractivity contribution in [3.05, 3.63) is 35.9 Å². The van der Waals surface area contributed by atoms with Crippen LogP contribution in [-0.2, 0) is 16.0 Å². The van der Waals surface area contributed by atoms with Crippen LogP contribution < -0.4 is 5.32 Å². The molecule has 6 nitrogen and oxygen atoms in total. The molecule has 1 atom stereocenters. The van der Waals surface area contributed by atoms with Gasteiger partial charge in [0.25, 0.3) is 0 Å². The van der Waals surface area contributed by atoms with Crippen LogP contribution in [0.5, 0.6) is 0 Å². The topological polar surface area (TPSA) is 75.2 Å². The molecule has 0 spiro atoms. The van der Waals surface area contributed by atoms with E-state index in [1.165, 1.54) is 28.7 Å². The van der Waals surface area contributed by atoms with Crippen LogP contribution in [0, 0.1) is 5.92 Å². The molecule has 0 radical (unpaired) electrons. The number of likely N-dealkylation sites (tertiary alicyclic amines) is 1. The van der Waals surface area contributed by atoms with E-state index in [1.54, 1.807) is 4.90 Å². The minimum absolute atomic E-state index is 0.0353. The minimum Gasteiger partial charge on any atom is -0.342 e. The van der Waals surface area contributed by atoms with Gasteiger partial charge in [-0.05, 0) is 18.2 Å². The number of carbonyl (C=O) groups is 2. The van der Waals surface area contributed by atoms with E-state index >= 15 is 0 Å². The average molecular weight is 362 g/mol. The number of benzene rings is 1. The zero-order valence-electron chi connectivity index (χ0n) is 13.3. The molecule has 0 bridgehead atoms. The molecule has 1 unspecified atom stereocenters. The van der Waals surface area contributed by atoms with Gasteiger partial charge in [-0.2, -0.15) is 0 Å². The number of thioether (sulfide) groups is 1. The van der Waals surface area contributed by atoms with Gasteiger partial charge in [-0.15, -0.1) is 10.2 Å². The maximum Gasteiger partial charge on any atom is 0.231 e. The Morgan fingerprint density at radius 3 is 2.88 bits per heavy atom. The van der Waals surface area contributed by atoms with Crippen LogP contribution in [0.1, 0.15) is 12.0 Å². The van der Waals surface area contributed by atoms with E-state index in [0.29, 0.717) is 18.2 Å². The predicted octanol–water partition coefficient (Wildman–Crippen LogP) is 2.29. The summed E-state index contributed by atoms with van der Waals surface area (Å²) in [5.41, 5.74) is 1.19. The molecule has 1 aromatic heterocycles. The molecule has 3 rings (SSSR count). The number of amides is 2. The van der Waals surface area contributed by atoms with Crippen LogP contribution in [0.2, 0.25) is 0 Å². The molecule has 1 aromatic carbocycles. The van der Waals surface area contributed by atoms with E-state index in [0.717, 1.165) is 10.8 Å². The molecular weight excluding hydrogens is 344 g/mol. The third-order valence-electron chi connectivity index (χ3n) is 3.91. The van der Waals surface area contributed by atoms with Crippen molar-refractivity contribution in [3.8, 4) is 0 Å². The number of hydrogen-bond donors (Lipinski definition) is 1. The largest absolute Gasteiger partial charge is 0.342 e. The summed E-state index contributed by atoms with van der Waals surface area (Å²) in [7, 11) is 0. The first-order chi connectivity index (χ1) is 11.7. The lowest BCUT2D eigenvalue weighted by atomic mass is 10.1. The number of anilines is 1. The third-order valence-corrected chi connectivity index (χ3v) is 5.72. The molecule has 1 saturated heterocycles. The van der Waals surface area contributed by atoms with E-state index in [9.17, 15) is 9.59 Å². The fraction of sp³-hybridized carbons (Fsp3) is 0.375. The van der Waals surface area contributed by atoms with Gasteiger partial charge in [0.1, 0.15) is 0 Å². The van der Waals surface area contributed by atoms with Crippen molar-refractivity contribution in [2.75, 3.05) is 24.7 Å². The monoisotopic (exact) mass is 362 g/mol. The molecule has 2 aromatic rings. The van der Waals surface area contributed by atoms with Crippen LogP contribution in [0.25, 0.3) is 0 Å². The summed E-state index contributed by atoms with van der Waals surface area (Å²) < 4.78 is 0.803. The Labute approximate surface area is 148 Å². The molecule has 2 heterocycles. The standard InChI is InChI=1S/C16H18N4O2S2/c1-23-16-19-18-15(24-16)17-14(22)12-9-13(21)20(10-12)8-7-11-5-3-2-4-6-11/h2-6,12H,7-10H2,1H3,(H,17,18,22). The molecule has 8 heteroatoms. The van der Waals surface area contributed by atoms with Gasteiger partial charge in [-0.1, -0.05) is 53.4 Å². The number of rotatable bonds is 6. The maximum atomic E-state index is 12.3. The summed E-state index contributed by atoms with van der Waals surface area (Å²) in [6.07, 6.45) is 2.97. The normalized spacial score (nSPS) is 17.3. The summed E-state index contributed by atoms with van der Waals surface area (Å²) in [5.74, 6) is -0.447. The Balaban J connectivity index is 1.52. The number of nitrogens with one attached hydrogen (secondary N) is 1. The first-order valence-corrected chi connectivity index (χ1v) is 9.70. The number of hydrogen-bond acceptors (Lipinski definition) is 6. The van der Waals surface area contributed by atoms with Gasteiger partial charge in [0.15, 0.2) is 4.34 Å². The van der Waals surface area contributed by atoms with E-state index < -0.39 is 0 Å². The summed E-state index contributed by atoms with van der Waals surface area (Å²) in [6.45, 7) is 1.10. The van der Waals surface area contributed by atoms with E-state index in [-0.39, 0.29) is 24.2 Å². The maximum absolute atomic E-state index is 12.3. The smallest absolute Gasteiger partial charge is 0.231 e. The molecule has 2 amide bonds. The van der Waals surface area contributed by atoms with Gasteiger partial charge in [-0.25, -0.2) is 0 Å². The van der Waals surface area contributed by atoms with Crippen molar-refractivity contribution in [2.24, 2.45) is 5.92 Å². The Bertz CT molecular complexity index is 720. The first-order valence-electron chi connectivity index (χ1n) is 7.66. The Morgan fingerprint density at radius 2 is 2.17 bits per heavy atom. The molecule has 1 fully saturated rings. The molecular formula is C16H18N4O2S2. The lowest BCUT2D eigenvalue weighted by Gasteiger charge is -2.16. The fourth-order valence-corrected chi connectivity index (χ4v) is 3.80. The SMILES string of the molecule is CSc1nnc(NC(=O)C2CC(=O)N(CCc3ccccc3)C2)s1. The van der Waals surface area contributed by atoms with Gasteiger partial charge in [0.2, 0.25) is 16.9 Å². The quantitative estimate of drug-likeness (QED) is 0.630. The van der Waals surface area contributed by atoms with Gasteiger partial charge >= 0.3 is 0 Å². The second-order valence-corrected chi connectivity index (χ2v) is 7.57. The highest BCUT2D eigenvalue weighted by atomic mass is 32.2. The number of nitrogens with zero attached hydrogens (tertiary/aromatic N) is 3. The average Bonchev–Trinajstić information content (AvgIpc) is 3.20. The predicted molar refractivity (Wildman–Crippen MR) is 95.2 cm³/mol. The summed E-state index contributed by atoms with van der Waals surface area (Å²) >= 11 is 2.82. The second kappa shape index (κ2) is 7.76. The van der Waals surface area contributed by atoms with Gasteiger partial charge < -0.3 is 10.2 Å². The molecule has 126 valence electrons. The van der Waals surface area contributed by atoms with Gasteiger partial charge in [0.05, 0.1) is 5.92 Å². The van der Waals surface area contributed by atoms with Crippen molar-refractivity contribution in [1.82, 2.24) is 15.1 Å². The zero-order valence-corrected chi connectivity index (χ0v) is 14.9. The summed E-state index contributed by atoms with van der Waals surface area (Å²) in [4.78, 5) is 26.2. The molecule has 1 aliphatic heterocycles.